The highest BCUT2D eigenvalue weighted by atomic mass is 19.1. The largest absolute Gasteiger partial charge is 0.207 e. The molecule has 1 aromatic carbocycles. The van der Waals surface area contributed by atoms with Gasteiger partial charge in [0.15, 0.2) is 0 Å². The highest BCUT2D eigenvalue weighted by Crippen LogP contribution is 2.37. The van der Waals surface area contributed by atoms with E-state index in [2.05, 4.69) is 19.1 Å². The highest BCUT2D eigenvalue weighted by molar-refractivity contribution is 5.21. The molecule has 0 bridgehead atoms. The van der Waals surface area contributed by atoms with Crippen LogP contribution in [-0.2, 0) is 0 Å². The van der Waals surface area contributed by atoms with Crippen LogP contribution in [0.15, 0.2) is 36.4 Å². The Labute approximate surface area is 173 Å². The first-order valence-electron chi connectivity index (χ1n) is 12.2. The van der Waals surface area contributed by atoms with Gasteiger partial charge in [0, 0.05) is 0 Å². The third-order valence-corrected chi connectivity index (χ3v) is 7.45. The van der Waals surface area contributed by atoms with E-state index in [0.717, 1.165) is 17.8 Å². The lowest BCUT2D eigenvalue weighted by molar-refractivity contribution is 0.250. The molecule has 0 heterocycles. The van der Waals surface area contributed by atoms with Gasteiger partial charge in [-0.25, -0.2) is 4.39 Å². The summed E-state index contributed by atoms with van der Waals surface area (Å²) >= 11 is 0. The molecule has 0 atom stereocenters. The Morgan fingerprint density at radius 1 is 0.821 bits per heavy atom. The van der Waals surface area contributed by atoms with Gasteiger partial charge in [0.2, 0.25) is 0 Å². The second-order valence-electron chi connectivity index (χ2n) is 9.55. The van der Waals surface area contributed by atoms with Crippen LogP contribution in [-0.4, -0.2) is 0 Å². The van der Waals surface area contributed by atoms with Crippen molar-refractivity contribution in [3.8, 4) is 0 Å². The van der Waals surface area contributed by atoms with Crippen molar-refractivity contribution in [3.05, 3.63) is 47.8 Å². The molecule has 1 aromatic rings. The standard InChI is InChI=1S/C27H41F/c1-2-3-4-7-22-10-12-23(13-11-22)8-5-6-9-24-14-16-25(17-15-24)26-18-20-27(28)21-19-26/h6,9,18-25H,2-5,7-8,10-17H2,1H3/b9-6+. The summed E-state index contributed by atoms with van der Waals surface area (Å²) in [6.45, 7) is 2.31. The summed E-state index contributed by atoms with van der Waals surface area (Å²) in [4.78, 5) is 0. The average molecular weight is 385 g/mol. The molecule has 2 saturated carbocycles. The smallest absolute Gasteiger partial charge is 0.123 e. The zero-order valence-electron chi connectivity index (χ0n) is 18.1. The molecular formula is C27H41F. The first-order chi connectivity index (χ1) is 13.7. The molecule has 3 rings (SSSR count). The van der Waals surface area contributed by atoms with Crippen molar-refractivity contribution in [3.63, 3.8) is 0 Å². The molecule has 2 aliphatic carbocycles. The predicted molar refractivity (Wildman–Crippen MR) is 119 cm³/mol. The monoisotopic (exact) mass is 384 g/mol. The van der Waals surface area contributed by atoms with Crippen molar-refractivity contribution in [2.75, 3.05) is 0 Å². The molecule has 0 spiro atoms. The molecule has 0 radical (unpaired) electrons. The van der Waals surface area contributed by atoms with E-state index >= 15 is 0 Å². The third kappa shape index (κ3) is 7.05. The van der Waals surface area contributed by atoms with E-state index in [4.69, 9.17) is 0 Å². The first kappa shape index (κ1) is 21.6. The van der Waals surface area contributed by atoms with E-state index in [1.54, 1.807) is 12.1 Å². The van der Waals surface area contributed by atoms with Crippen molar-refractivity contribution in [1.82, 2.24) is 0 Å². The summed E-state index contributed by atoms with van der Waals surface area (Å²) in [6.07, 6.45) is 24.4. The first-order valence-corrected chi connectivity index (χ1v) is 12.2. The van der Waals surface area contributed by atoms with Gasteiger partial charge in [-0.05, 0) is 79.9 Å². The SMILES string of the molecule is CCCCCC1CCC(CC/C=C/C2CCC(c3ccc(F)cc3)CC2)CC1. The van der Waals surface area contributed by atoms with Crippen LogP contribution in [0.25, 0.3) is 0 Å². The highest BCUT2D eigenvalue weighted by Gasteiger charge is 2.22. The second kappa shape index (κ2) is 11.8. The van der Waals surface area contributed by atoms with E-state index < -0.39 is 0 Å². The Morgan fingerprint density at radius 2 is 1.46 bits per heavy atom. The molecule has 0 aliphatic heterocycles. The van der Waals surface area contributed by atoms with Crippen molar-refractivity contribution >= 4 is 0 Å². The van der Waals surface area contributed by atoms with Gasteiger partial charge in [-0.15, -0.1) is 0 Å². The van der Waals surface area contributed by atoms with E-state index in [-0.39, 0.29) is 5.82 Å². The number of unbranched alkanes of at least 4 members (excludes halogenated alkanes) is 2. The fourth-order valence-electron chi connectivity index (χ4n) is 5.49. The van der Waals surface area contributed by atoms with Crippen molar-refractivity contribution < 1.29 is 4.39 Å². The van der Waals surface area contributed by atoms with Crippen molar-refractivity contribution in [2.24, 2.45) is 17.8 Å². The quantitative estimate of drug-likeness (QED) is 0.295. The molecule has 2 fully saturated rings. The normalized spacial score (nSPS) is 28.6. The van der Waals surface area contributed by atoms with Gasteiger partial charge in [-0.2, -0.15) is 0 Å². The van der Waals surface area contributed by atoms with Crippen LogP contribution in [0.2, 0.25) is 0 Å². The number of hydrogen-bond donors (Lipinski definition) is 0. The predicted octanol–water partition coefficient (Wildman–Crippen LogP) is 8.82. The molecule has 0 saturated heterocycles. The lowest BCUT2D eigenvalue weighted by Gasteiger charge is -2.28. The molecule has 0 N–H and O–H groups in total. The summed E-state index contributed by atoms with van der Waals surface area (Å²) in [5.41, 5.74) is 1.33. The van der Waals surface area contributed by atoms with Crippen LogP contribution >= 0.6 is 0 Å². The lowest BCUT2D eigenvalue weighted by atomic mass is 9.77. The van der Waals surface area contributed by atoms with Gasteiger partial charge in [0.05, 0.1) is 0 Å². The maximum absolute atomic E-state index is 13.1. The van der Waals surface area contributed by atoms with Crippen molar-refractivity contribution in [2.45, 2.75) is 103 Å². The minimum absolute atomic E-state index is 0.120. The Kier molecular flexibility index (Phi) is 9.09. The number of rotatable bonds is 9. The summed E-state index contributed by atoms with van der Waals surface area (Å²) in [6, 6.07) is 7.18. The molecule has 156 valence electrons. The van der Waals surface area contributed by atoms with Gasteiger partial charge in [0.1, 0.15) is 5.82 Å². The Morgan fingerprint density at radius 3 is 2.11 bits per heavy atom. The molecule has 2 aliphatic rings. The zero-order chi connectivity index (χ0) is 19.6. The number of hydrogen-bond acceptors (Lipinski definition) is 0. The van der Waals surface area contributed by atoms with Crippen LogP contribution < -0.4 is 0 Å². The second-order valence-corrected chi connectivity index (χ2v) is 9.55. The summed E-state index contributed by atoms with van der Waals surface area (Å²) in [5, 5.41) is 0. The number of halogens is 1. The number of allylic oxidation sites excluding steroid dienone is 2. The summed E-state index contributed by atoms with van der Waals surface area (Å²) in [5.74, 6) is 3.31. The molecule has 0 nitrogen and oxygen atoms in total. The number of benzene rings is 1. The van der Waals surface area contributed by atoms with Gasteiger partial charge in [-0.1, -0.05) is 82.6 Å². The minimum atomic E-state index is -0.120. The summed E-state index contributed by atoms with van der Waals surface area (Å²) < 4.78 is 13.1. The lowest BCUT2D eigenvalue weighted by Crippen LogP contribution is -2.14. The maximum Gasteiger partial charge on any atom is 0.123 e. The summed E-state index contributed by atoms with van der Waals surface area (Å²) in [7, 11) is 0. The van der Waals surface area contributed by atoms with E-state index in [9.17, 15) is 4.39 Å². The van der Waals surface area contributed by atoms with Crippen LogP contribution in [0.5, 0.6) is 0 Å². The fraction of sp³-hybridized carbons (Fsp3) is 0.704. The molecule has 0 amide bonds. The Balaban J connectivity index is 1.27. The van der Waals surface area contributed by atoms with E-state index in [1.165, 1.54) is 95.5 Å². The zero-order valence-corrected chi connectivity index (χ0v) is 18.1. The molecule has 0 aromatic heterocycles. The fourth-order valence-corrected chi connectivity index (χ4v) is 5.49. The van der Waals surface area contributed by atoms with Gasteiger partial charge >= 0.3 is 0 Å². The van der Waals surface area contributed by atoms with Gasteiger partial charge in [-0.3, -0.25) is 0 Å². The van der Waals surface area contributed by atoms with Crippen LogP contribution in [0.1, 0.15) is 108 Å². The molecule has 28 heavy (non-hydrogen) atoms. The third-order valence-electron chi connectivity index (χ3n) is 7.45. The topological polar surface area (TPSA) is 0 Å². The maximum atomic E-state index is 13.1. The van der Waals surface area contributed by atoms with Crippen molar-refractivity contribution in [1.29, 1.82) is 0 Å². The Bertz CT molecular complexity index is 556. The molecule has 1 heteroatoms. The van der Waals surface area contributed by atoms with Crippen LogP contribution in [0, 0.1) is 23.6 Å². The van der Waals surface area contributed by atoms with Gasteiger partial charge < -0.3 is 0 Å². The molecule has 0 unspecified atom stereocenters. The average Bonchev–Trinajstić information content (AvgIpc) is 2.73. The van der Waals surface area contributed by atoms with E-state index in [1.807, 2.05) is 12.1 Å². The van der Waals surface area contributed by atoms with Crippen LogP contribution in [0.3, 0.4) is 0 Å². The van der Waals surface area contributed by atoms with E-state index in [0.29, 0.717) is 5.92 Å². The minimum Gasteiger partial charge on any atom is -0.207 e. The van der Waals surface area contributed by atoms with Crippen LogP contribution in [0.4, 0.5) is 4.39 Å². The molecular weight excluding hydrogens is 343 g/mol. The Hall–Kier alpha value is -1.11. The van der Waals surface area contributed by atoms with Gasteiger partial charge in [0.25, 0.3) is 0 Å².